The van der Waals surface area contributed by atoms with E-state index in [2.05, 4.69) is 15.1 Å². The van der Waals surface area contributed by atoms with Crippen molar-refractivity contribution in [2.24, 2.45) is 0 Å². The van der Waals surface area contributed by atoms with Crippen LogP contribution in [0.15, 0.2) is 42.9 Å². The minimum absolute atomic E-state index is 0.223. The highest BCUT2D eigenvalue weighted by molar-refractivity contribution is 5.94. The van der Waals surface area contributed by atoms with Gasteiger partial charge in [-0.25, -0.2) is 18.2 Å². The van der Waals surface area contributed by atoms with Crippen LogP contribution in [0.5, 0.6) is 11.5 Å². The molecular weight excluding hydrogens is 489 g/mol. The summed E-state index contributed by atoms with van der Waals surface area (Å²) in [5.41, 5.74) is 1.06. The van der Waals surface area contributed by atoms with E-state index in [0.717, 1.165) is 11.1 Å². The van der Waals surface area contributed by atoms with E-state index < -0.39 is 28.9 Å². The highest BCUT2D eigenvalue weighted by Crippen LogP contribution is 2.36. The Bertz CT molecular complexity index is 1480. The minimum Gasteiger partial charge on any atom is -0.493 e. The third kappa shape index (κ3) is 4.50. The molecule has 0 radical (unpaired) electrons. The predicted octanol–water partition coefficient (Wildman–Crippen LogP) is 3.58. The van der Waals surface area contributed by atoms with Crippen molar-refractivity contribution in [2.75, 3.05) is 45.3 Å². The Morgan fingerprint density at radius 2 is 1.68 bits per heavy atom. The van der Waals surface area contributed by atoms with Gasteiger partial charge in [0.05, 0.1) is 19.8 Å². The van der Waals surface area contributed by atoms with Gasteiger partial charge < -0.3 is 19.3 Å². The van der Waals surface area contributed by atoms with Crippen LogP contribution >= 0.6 is 0 Å². The molecule has 1 aliphatic rings. The molecule has 2 aromatic heterocycles. The monoisotopic (exact) mass is 512 g/mol. The number of methoxy groups -OCH3 is 2. The van der Waals surface area contributed by atoms with Crippen molar-refractivity contribution in [3.05, 3.63) is 65.9 Å². The van der Waals surface area contributed by atoms with E-state index in [1.807, 2.05) is 17.0 Å². The molecule has 0 bridgehead atoms. The topological polar surface area (TPSA) is 85.1 Å². The summed E-state index contributed by atoms with van der Waals surface area (Å²) in [6.07, 6.45) is 3.65. The van der Waals surface area contributed by atoms with Gasteiger partial charge in [-0.2, -0.15) is 14.6 Å². The zero-order valence-electron chi connectivity index (χ0n) is 20.1. The number of anilines is 1. The SMILES string of the molecule is COc1ccc(-c2cnc3ncnn3c2N2CCCN(C(=O)c3cc(F)c(F)cc3F)CC2)cc1OC. The van der Waals surface area contributed by atoms with E-state index in [9.17, 15) is 18.0 Å². The second-order valence-electron chi connectivity index (χ2n) is 8.42. The van der Waals surface area contributed by atoms with Gasteiger partial charge in [0.25, 0.3) is 11.7 Å². The largest absolute Gasteiger partial charge is 0.493 e. The number of rotatable bonds is 5. The average Bonchev–Trinajstić information content (AvgIpc) is 3.26. The number of hydrogen-bond acceptors (Lipinski definition) is 7. The lowest BCUT2D eigenvalue weighted by Crippen LogP contribution is -2.36. The normalized spacial score (nSPS) is 14.1. The number of halogens is 3. The summed E-state index contributed by atoms with van der Waals surface area (Å²) in [6.45, 7) is 1.45. The lowest BCUT2D eigenvalue weighted by molar-refractivity contribution is 0.0761. The van der Waals surface area contributed by atoms with E-state index >= 15 is 0 Å². The van der Waals surface area contributed by atoms with Crippen LogP contribution in [0, 0.1) is 17.5 Å². The van der Waals surface area contributed by atoms with Gasteiger partial charge in [0.1, 0.15) is 18.0 Å². The highest BCUT2D eigenvalue weighted by atomic mass is 19.2. The van der Waals surface area contributed by atoms with Crippen LogP contribution < -0.4 is 14.4 Å². The summed E-state index contributed by atoms with van der Waals surface area (Å²) in [5, 5.41) is 4.36. The average molecular weight is 512 g/mol. The van der Waals surface area contributed by atoms with Gasteiger partial charge in [-0.1, -0.05) is 6.07 Å². The zero-order chi connectivity index (χ0) is 26.1. The van der Waals surface area contributed by atoms with Crippen molar-refractivity contribution in [1.82, 2.24) is 24.5 Å². The molecule has 37 heavy (non-hydrogen) atoms. The van der Waals surface area contributed by atoms with Crippen molar-refractivity contribution < 1.29 is 27.4 Å². The molecule has 12 heteroatoms. The second-order valence-corrected chi connectivity index (χ2v) is 8.42. The van der Waals surface area contributed by atoms with Crippen LogP contribution in [0.25, 0.3) is 16.9 Å². The first-order valence-electron chi connectivity index (χ1n) is 11.5. The number of nitrogens with zero attached hydrogens (tertiary/aromatic N) is 6. The third-order valence-electron chi connectivity index (χ3n) is 6.30. The van der Waals surface area contributed by atoms with Crippen LogP contribution in [0.3, 0.4) is 0 Å². The number of carbonyl (C=O) groups excluding carboxylic acids is 1. The van der Waals surface area contributed by atoms with Crippen molar-refractivity contribution in [2.45, 2.75) is 6.42 Å². The minimum atomic E-state index is -1.34. The second kappa shape index (κ2) is 9.96. The number of hydrogen-bond donors (Lipinski definition) is 0. The van der Waals surface area contributed by atoms with Crippen molar-refractivity contribution >= 4 is 17.5 Å². The highest BCUT2D eigenvalue weighted by Gasteiger charge is 2.27. The number of fused-ring (bicyclic) bond motifs is 1. The van der Waals surface area contributed by atoms with Crippen molar-refractivity contribution in [3.63, 3.8) is 0 Å². The quantitative estimate of drug-likeness (QED) is 0.378. The van der Waals surface area contributed by atoms with Crippen LogP contribution in [0.4, 0.5) is 19.0 Å². The van der Waals surface area contributed by atoms with Gasteiger partial charge in [0.15, 0.2) is 23.1 Å². The van der Waals surface area contributed by atoms with E-state index in [1.54, 1.807) is 31.0 Å². The smallest absolute Gasteiger partial charge is 0.256 e. The fraction of sp³-hybridized carbons (Fsp3) is 0.280. The molecule has 0 unspecified atom stereocenters. The lowest BCUT2D eigenvalue weighted by Gasteiger charge is -2.26. The molecule has 0 aliphatic carbocycles. The number of aromatic nitrogens is 4. The number of ether oxygens (including phenoxy) is 2. The Morgan fingerprint density at radius 1 is 0.892 bits per heavy atom. The molecule has 0 saturated carbocycles. The summed E-state index contributed by atoms with van der Waals surface area (Å²) >= 11 is 0. The van der Waals surface area contributed by atoms with E-state index in [4.69, 9.17) is 9.47 Å². The molecule has 1 saturated heterocycles. The maximum absolute atomic E-state index is 14.3. The Kier molecular flexibility index (Phi) is 6.55. The molecule has 1 aliphatic heterocycles. The zero-order valence-corrected chi connectivity index (χ0v) is 20.1. The molecule has 1 fully saturated rings. The molecule has 9 nitrogen and oxygen atoms in total. The predicted molar refractivity (Wildman–Crippen MR) is 128 cm³/mol. The molecule has 3 heterocycles. The number of amides is 1. The first-order chi connectivity index (χ1) is 17.9. The molecule has 192 valence electrons. The van der Waals surface area contributed by atoms with Gasteiger partial charge in [0, 0.05) is 44.0 Å². The van der Waals surface area contributed by atoms with Gasteiger partial charge in [0.2, 0.25) is 0 Å². The standard InChI is InChI=1S/C25H23F3N6O3/c1-36-21-5-4-15(10-22(21)37-2)17-13-29-25-30-14-31-34(25)23(17)32-6-3-7-33(9-8-32)24(35)16-11-19(27)20(28)12-18(16)26/h4-5,10-14H,3,6-9H2,1-2H3. The van der Waals surface area contributed by atoms with Crippen molar-refractivity contribution in [1.29, 1.82) is 0 Å². The lowest BCUT2D eigenvalue weighted by atomic mass is 10.1. The summed E-state index contributed by atoms with van der Waals surface area (Å²) in [7, 11) is 3.11. The molecule has 0 spiro atoms. The van der Waals surface area contributed by atoms with Gasteiger partial charge in [-0.3, -0.25) is 4.79 Å². The summed E-state index contributed by atoms with van der Waals surface area (Å²) in [4.78, 5) is 25.1. The molecule has 0 atom stereocenters. The maximum atomic E-state index is 14.3. The Hall–Kier alpha value is -4.35. The molecule has 4 aromatic rings. The van der Waals surface area contributed by atoms with Gasteiger partial charge >= 0.3 is 0 Å². The Labute approximate surface area is 210 Å². The first kappa shape index (κ1) is 24.3. The number of benzene rings is 2. The fourth-order valence-electron chi connectivity index (χ4n) is 4.47. The Morgan fingerprint density at radius 3 is 2.46 bits per heavy atom. The van der Waals surface area contributed by atoms with E-state index in [0.29, 0.717) is 61.3 Å². The molecule has 5 rings (SSSR count). The van der Waals surface area contributed by atoms with Crippen molar-refractivity contribution in [3.8, 4) is 22.6 Å². The maximum Gasteiger partial charge on any atom is 0.256 e. The fourth-order valence-corrected chi connectivity index (χ4v) is 4.47. The number of carbonyl (C=O) groups is 1. The molecule has 1 amide bonds. The summed E-state index contributed by atoms with van der Waals surface area (Å²) in [6, 6.07) is 6.50. The third-order valence-corrected chi connectivity index (χ3v) is 6.30. The van der Waals surface area contributed by atoms with Crippen LogP contribution in [0.1, 0.15) is 16.8 Å². The first-order valence-corrected chi connectivity index (χ1v) is 11.5. The molecular formula is C25H23F3N6O3. The van der Waals surface area contributed by atoms with Gasteiger partial charge in [-0.15, -0.1) is 0 Å². The van der Waals surface area contributed by atoms with Crippen LogP contribution in [-0.4, -0.2) is 70.8 Å². The van der Waals surface area contributed by atoms with Crippen LogP contribution in [0.2, 0.25) is 0 Å². The van der Waals surface area contributed by atoms with Crippen LogP contribution in [-0.2, 0) is 0 Å². The molecule has 0 N–H and O–H groups in total. The Balaban J connectivity index is 1.48. The molecule has 2 aromatic carbocycles. The summed E-state index contributed by atoms with van der Waals surface area (Å²) in [5.74, 6) is -2.16. The summed E-state index contributed by atoms with van der Waals surface area (Å²) < 4.78 is 53.8. The van der Waals surface area contributed by atoms with Gasteiger partial charge in [-0.05, 0) is 30.2 Å². The van der Waals surface area contributed by atoms with E-state index in [-0.39, 0.29) is 6.54 Å². The van der Waals surface area contributed by atoms with E-state index in [1.165, 1.54) is 11.2 Å².